The van der Waals surface area contributed by atoms with Gasteiger partial charge in [0.2, 0.25) is 5.91 Å². The number of carbonyl (C=O) groups is 3. The minimum Gasteiger partial charge on any atom is -0.377 e. The molecule has 286 valence electrons. The summed E-state index contributed by atoms with van der Waals surface area (Å²) in [5.41, 5.74) is 8.98. The summed E-state index contributed by atoms with van der Waals surface area (Å²) >= 11 is 0. The molecule has 3 amide bonds. The molecule has 1 unspecified atom stereocenters. The number of nitrogens with one attached hydrogen (secondary N) is 2. The summed E-state index contributed by atoms with van der Waals surface area (Å²) in [6.45, 7) is 4.36. The maximum Gasteiger partial charge on any atom is 0.328 e. The first-order chi connectivity index (χ1) is 27.4. The van der Waals surface area contributed by atoms with Gasteiger partial charge in [0.1, 0.15) is 11.7 Å². The first kappa shape index (κ1) is 36.9. The van der Waals surface area contributed by atoms with Crippen molar-refractivity contribution in [3.63, 3.8) is 0 Å². The molecule has 0 spiro atoms. The van der Waals surface area contributed by atoms with Gasteiger partial charge in [-0.3, -0.25) is 43.5 Å². The number of pyridine rings is 2. The average molecular weight is 760 g/mol. The number of benzene rings is 3. The second kappa shape index (κ2) is 14.5. The van der Waals surface area contributed by atoms with Crippen molar-refractivity contribution in [1.29, 1.82) is 0 Å². The van der Waals surface area contributed by atoms with E-state index in [1.165, 1.54) is 0 Å². The number of piperidine rings is 1. The van der Waals surface area contributed by atoms with Crippen LogP contribution in [0.2, 0.25) is 0 Å². The summed E-state index contributed by atoms with van der Waals surface area (Å²) in [5.74, 6) is 5.35. The fraction of sp³-hybridized carbons (Fsp3) is 0.250. The Kier molecular flexibility index (Phi) is 9.41. The Bertz CT molecular complexity index is 2910. The molecule has 1 fully saturated rings. The molecule has 7 aromatic rings. The highest BCUT2D eigenvalue weighted by Crippen LogP contribution is 2.36. The molecule has 13 heteroatoms. The number of imidazole rings is 1. The number of hydrogen-bond donors (Lipinski definition) is 2. The Balaban J connectivity index is 0.987. The van der Waals surface area contributed by atoms with Gasteiger partial charge in [-0.1, -0.05) is 43.9 Å². The highest BCUT2D eigenvalue weighted by Gasteiger charge is 2.30. The predicted molar refractivity (Wildman–Crippen MR) is 221 cm³/mol. The Morgan fingerprint density at radius 1 is 0.930 bits per heavy atom. The number of nitrogens with zero attached hydrogens (tertiary/aromatic N) is 7. The monoisotopic (exact) mass is 759 g/mol. The van der Waals surface area contributed by atoms with Gasteiger partial charge in [-0.2, -0.15) is 5.10 Å². The first-order valence-corrected chi connectivity index (χ1v) is 18.7. The van der Waals surface area contributed by atoms with Gasteiger partial charge in [0.05, 0.1) is 35.0 Å². The number of fused-ring (bicyclic) bond motifs is 3. The highest BCUT2D eigenvalue weighted by molar-refractivity contribution is 6.02. The van der Waals surface area contributed by atoms with Crippen LogP contribution in [0.25, 0.3) is 55.1 Å². The van der Waals surface area contributed by atoms with Crippen LogP contribution in [0.3, 0.4) is 0 Å². The van der Waals surface area contributed by atoms with Crippen molar-refractivity contribution < 1.29 is 14.4 Å². The average Bonchev–Trinajstić information content (AvgIpc) is 3.72. The molecule has 1 aliphatic rings. The summed E-state index contributed by atoms with van der Waals surface area (Å²) in [6.07, 6.45) is 5.84. The predicted octanol–water partition coefficient (Wildman–Crippen LogP) is 5.45. The van der Waals surface area contributed by atoms with Crippen LogP contribution in [0.15, 0.2) is 84.0 Å². The Hall–Kier alpha value is -7.07. The maximum atomic E-state index is 13.0. The molecule has 1 aliphatic heterocycles. The van der Waals surface area contributed by atoms with Gasteiger partial charge in [0, 0.05) is 74.6 Å². The largest absolute Gasteiger partial charge is 0.377 e. The van der Waals surface area contributed by atoms with Crippen molar-refractivity contribution in [1.82, 2.24) is 39.5 Å². The topological polar surface area (TPSA) is 149 Å². The van der Waals surface area contributed by atoms with Crippen LogP contribution in [0, 0.1) is 11.8 Å². The fourth-order valence-electron chi connectivity index (χ4n) is 7.64. The van der Waals surface area contributed by atoms with E-state index in [1.54, 1.807) is 32.3 Å². The molecule has 4 aromatic heterocycles. The van der Waals surface area contributed by atoms with Crippen LogP contribution in [-0.4, -0.2) is 67.2 Å². The summed E-state index contributed by atoms with van der Waals surface area (Å²) in [4.78, 5) is 61.4. The number of amides is 3. The van der Waals surface area contributed by atoms with E-state index in [1.807, 2.05) is 75.7 Å². The van der Waals surface area contributed by atoms with Crippen LogP contribution < -0.4 is 21.2 Å². The SMILES string of the molecule is CC(C)c1cc(-c2cccc3cc(-c4ccc(C(=O)NCC#Cc5cc(N(C)C)c6cnn(C7CCC(=O)NC7=O)c6c5)nc4)ncc23)cc2c1n(C)c(=O)n2C. The van der Waals surface area contributed by atoms with Crippen molar-refractivity contribution in [3.05, 3.63) is 107 Å². The van der Waals surface area contributed by atoms with Crippen LogP contribution in [0.5, 0.6) is 0 Å². The van der Waals surface area contributed by atoms with Gasteiger partial charge < -0.3 is 10.2 Å². The summed E-state index contributed by atoms with van der Waals surface area (Å²) in [6, 6.07) is 19.1. The minimum atomic E-state index is -0.597. The summed E-state index contributed by atoms with van der Waals surface area (Å²) in [7, 11) is 7.46. The molecule has 0 saturated carbocycles. The molecule has 1 atom stereocenters. The third-order valence-electron chi connectivity index (χ3n) is 10.6. The van der Waals surface area contributed by atoms with E-state index in [0.29, 0.717) is 12.0 Å². The fourth-order valence-corrected chi connectivity index (χ4v) is 7.64. The van der Waals surface area contributed by atoms with Gasteiger partial charge in [0.25, 0.3) is 11.8 Å². The van der Waals surface area contributed by atoms with E-state index in [2.05, 4.69) is 64.6 Å². The van der Waals surface area contributed by atoms with Crippen molar-refractivity contribution >= 4 is 56.1 Å². The van der Waals surface area contributed by atoms with Crippen molar-refractivity contribution in [2.75, 3.05) is 25.5 Å². The van der Waals surface area contributed by atoms with E-state index in [0.717, 1.165) is 66.3 Å². The minimum absolute atomic E-state index is 0.0532. The van der Waals surface area contributed by atoms with Gasteiger partial charge in [0.15, 0.2) is 0 Å². The number of aromatic nitrogens is 6. The molecule has 1 saturated heterocycles. The zero-order valence-corrected chi connectivity index (χ0v) is 32.5. The van der Waals surface area contributed by atoms with Crippen molar-refractivity contribution in [3.8, 4) is 34.2 Å². The Morgan fingerprint density at radius 2 is 1.75 bits per heavy atom. The van der Waals surface area contributed by atoms with Crippen LogP contribution in [0.4, 0.5) is 5.69 Å². The Morgan fingerprint density at radius 3 is 2.49 bits per heavy atom. The zero-order valence-electron chi connectivity index (χ0n) is 32.5. The lowest BCUT2D eigenvalue weighted by molar-refractivity contribution is -0.135. The molecule has 8 rings (SSSR count). The molecule has 5 heterocycles. The molecule has 0 bridgehead atoms. The van der Waals surface area contributed by atoms with E-state index in [4.69, 9.17) is 4.98 Å². The number of carbonyl (C=O) groups excluding carboxylic acids is 3. The van der Waals surface area contributed by atoms with E-state index >= 15 is 0 Å². The van der Waals surface area contributed by atoms with Crippen LogP contribution in [-0.2, 0) is 23.7 Å². The lowest BCUT2D eigenvalue weighted by Gasteiger charge is -2.22. The second-order valence-corrected chi connectivity index (χ2v) is 14.9. The number of anilines is 1. The molecule has 57 heavy (non-hydrogen) atoms. The molecule has 0 radical (unpaired) electrons. The van der Waals surface area contributed by atoms with E-state index in [-0.39, 0.29) is 48.0 Å². The van der Waals surface area contributed by atoms with Gasteiger partial charge in [-0.25, -0.2) is 4.79 Å². The van der Waals surface area contributed by atoms with Gasteiger partial charge in [-0.15, -0.1) is 0 Å². The first-order valence-electron chi connectivity index (χ1n) is 18.7. The summed E-state index contributed by atoms with van der Waals surface area (Å²) in [5, 5.41) is 12.6. The van der Waals surface area contributed by atoms with Crippen molar-refractivity contribution in [2.24, 2.45) is 14.1 Å². The Labute approximate surface area is 328 Å². The quantitative estimate of drug-likeness (QED) is 0.161. The third-order valence-corrected chi connectivity index (χ3v) is 10.6. The number of imide groups is 1. The maximum absolute atomic E-state index is 13.0. The molecule has 2 N–H and O–H groups in total. The summed E-state index contributed by atoms with van der Waals surface area (Å²) < 4.78 is 5.07. The van der Waals surface area contributed by atoms with Crippen LogP contribution >= 0.6 is 0 Å². The molecular formula is C44H41N9O4. The van der Waals surface area contributed by atoms with E-state index < -0.39 is 6.04 Å². The molecule has 3 aromatic carbocycles. The van der Waals surface area contributed by atoms with E-state index in [9.17, 15) is 19.2 Å². The number of hydrogen-bond acceptors (Lipinski definition) is 8. The normalized spacial score (nSPS) is 14.3. The highest BCUT2D eigenvalue weighted by atomic mass is 16.2. The van der Waals surface area contributed by atoms with Crippen LogP contribution in [0.1, 0.15) is 60.3 Å². The molecular weight excluding hydrogens is 719 g/mol. The number of rotatable bonds is 7. The number of aryl methyl sites for hydroxylation is 2. The standard InChI is InChI=1S/C44H41N9O4/c1-25(2)31-19-29(21-39-41(31)52(6)44(57)51(39)5)30-11-7-10-27-20-35(47-23-32(27)30)28-12-13-34(46-22-28)42(55)45-16-8-9-26-17-37(50(3)4)33-24-48-53(38(33)18-26)36-14-15-40(54)49-43(36)56/h7,10-13,17-25,36H,14-16H2,1-6H3,(H,45,55)(H,49,54,56). The molecule has 0 aliphatic carbocycles. The zero-order chi connectivity index (χ0) is 40.1. The van der Waals surface area contributed by atoms with Gasteiger partial charge >= 0.3 is 5.69 Å². The lowest BCUT2D eigenvalue weighted by atomic mass is 9.93. The van der Waals surface area contributed by atoms with Gasteiger partial charge in [-0.05, 0) is 76.9 Å². The lowest BCUT2D eigenvalue weighted by Crippen LogP contribution is -2.42. The smallest absolute Gasteiger partial charge is 0.328 e. The van der Waals surface area contributed by atoms with Crippen molar-refractivity contribution in [2.45, 2.75) is 38.6 Å². The third kappa shape index (κ3) is 6.69. The molecule has 13 nitrogen and oxygen atoms in total. The second-order valence-electron chi connectivity index (χ2n) is 14.9.